The number of hydrogen-bond donors (Lipinski definition) is 0. The summed E-state index contributed by atoms with van der Waals surface area (Å²) in [6, 6.07) is 7.78. The second kappa shape index (κ2) is 6.29. The van der Waals surface area contributed by atoms with E-state index < -0.39 is 0 Å². The van der Waals surface area contributed by atoms with E-state index in [1.54, 1.807) is 0 Å². The fourth-order valence-electron chi connectivity index (χ4n) is 3.24. The SMILES string of the molecule is CN1CCC(C)(COC(=O)[C@H]2CCOc3ccccc32)CC1. The van der Waals surface area contributed by atoms with Gasteiger partial charge in [0.2, 0.25) is 0 Å². The van der Waals surface area contributed by atoms with Crippen LogP contribution >= 0.6 is 0 Å². The Labute approximate surface area is 132 Å². The molecule has 0 aliphatic carbocycles. The van der Waals surface area contributed by atoms with Crippen molar-refractivity contribution in [2.45, 2.75) is 32.1 Å². The minimum atomic E-state index is -0.181. The Morgan fingerprint density at radius 3 is 2.86 bits per heavy atom. The zero-order chi connectivity index (χ0) is 15.6. The van der Waals surface area contributed by atoms with E-state index >= 15 is 0 Å². The van der Waals surface area contributed by atoms with Gasteiger partial charge in [0, 0.05) is 11.0 Å². The molecule has 2 aliphatic heterocycles. The van der Waals surface area contributed by atoms with Gasteiger partial charge in [-0.15, -0.1) is 0 Å². The van der Waals surface area contributed by atoms with Gasteiger partial charge in [0.1, 0.15) is 5.75 Å². The Morgan fingerprint density at radius 1 is 1.36 bits per heavy atom. The van der Waals surface area contributed by atoms with Crippen molar-refractivity contribution < 1.29 is 14.3 Å². The minimum absolute atomic E-state index is 0.101. The third kappa shape index (κ3) is 3.27. The lowest BCUT2D eigenvalue weighted by Crippen LogP contribution is -2.39. The fraction of sp³-hybridized carbons (Fsp3) is 0.611. The van der Waals surface area contributed by atoms with E-state index in [1.165, 1.54) is 0 Å². The van der Waals surface area contributed by atoms with Gasteiger partial charge in [-0.1, -0.05) is 25.1 Å². The first-order valence-electron chi connectivity index (χ1n) is 8.14. The molecule has 0 bridgehead atoms. The fourth-order valence-corrected chi connectivity index (χ4v) is 3.24. The third-order valence-electron chi connectivity index (χ3n) is 5.00. The van der Waals surface area contributed by atoms with E-state index in [9.17, 15) is 4.79 Å². The lowest BCUT2D eigenvalue weighted by molar-refractivity contribution is -0.150. The highest BCUT2D eigenvalue weighted by Gasteiger charge is 2.33. The van der Waals surface area contributed by atoms with Crippen LogP contribution in [0.2, 0.25) is 0 Å². The zero-order valence-corrected chi connectivity index (χ0v) is 13.5. The van der Waals surface area contributed by atoms with Gasteiger partial charge in [-0.25, -0.2) is 0 Å². The monoisotopic (exact) mass is 303 g/mol. The van der Waals surface area contributed by atoms with Crippen LogP contribution in [-0.4, -0.2) is 44.2 Å². The van der Waals surface area contributed by atoms with Crippen LogP contribution in [-0.2, 0) is 9.53 Å². The minimum Gasteiger partial charge on any atom is -0.493 e. The van der Waals surface area contributed by atoms with Crippen LogP contribution in [0, 0.1) is 5.41 Å². The molecule has 1 aromatic rings. The molecule has 1 fully saturated rings. The zero-order valence-electron chi connectivity index (χ0n) is 13.5. The topological polar surface area (TPSA) is 38.8 Å². The van der Waals surface area contributed by atoms with Gasteiger partial charge in [0.25, 0.3) is 0 Å². The maximum Gasteiger partial charge on any atom is 0.313 e. The van der Waals surface area contributed by atoms with E-state index in [1.807, 2.05) is 24.3 Å². The first kappa shape index (κ1) is 15.3. The van der Waals surface area contributed by atoms with E-state index in [0.717, 1.165) is 37.2 Å². The van der Waals surface area contributed by atoms with Crippen molar-refractivity contribution in [2.24, 2.45) is 5.41 Å². The van der Waals surface area contributed by atoms with Crippen molar-refractivity contribution in [2.75, 3.05) is 33.4 Å². The van der Waals surface area contributed by atoms with Gasteiger partial charge in [-0.3, -0.25) is 4.79 Å². The van der Waals surface area contributed by atoms with Gasteiger partial charge in [0.05, 0.1) is 19.1 Å². The molecule has 4 heteroatoms. The van der Waals surface area contributed by atoms with Gasteiger partial charge in [-0.2, -0.15) is 0 Å². The summed E-state index contributed by atoms with van der Waals surface area (Å²) < 4.78 is 11.3. The summed E-state index contributed by atoms with van der Waals surface area (Å²) in [5.41, 5.74) is 1.08. The predicted octanol–water partition coefficient (Wildman–Crippen LogP) is 2.83. The number of likely N-dealkylation sites (tertiary alicyclic amines) is 1. The standard InChI is InChI=1S/C18H25NO3/c1-18(8-10-19(2)11-9-18)13-22-17(20)15-7-12-21-16-6-4-3-5-14(15)16/h3-6,15H,7-13H2,1-2H3/t15-/m0/s1. The van der Waals surface area contributed by atoms with E-state index in [-0.39, 0.29) is 17.3 Å². The van der Waals surface area contributed by atoms with Crippen molar-refractivity contribution in [3.8, 4) is 5.75 Å². The first-order chi connectivity index (χ1) is 10.6. The molecule has 1 atom stereocenters. The third-order valence-corrected chi connectivity index (χ3v) is 5.00. The highest BCUT2D eigenvalue weighted by molar-refractivity contribution is 5.79. The maximum absolute atomic E-state index is 12.5. The van der Waals surface area contributed by atoms with Crippen LogP contribution in [0.1, 0.15) is 37.7 Å². The number of benzene rings is 1. The van der Waals surface area contributed by atoms with Crippen molar-refractivity contribution in [3.05, 3.63) is 29.8 Å². The molecule has 0 saturated carbocycles. The summed E-state index contributed by atoms with van der Waals surface area (Å²) in [5, 5.41) is 0. The molecule has 0 unspecified atom stereocenters. The lowest BCUT2D eigenvalue weighted by atomic mass is 9.81. The smallest absolute Gasteiger partial charge is 0.313 e. The molecule has 2 aliphatic rings. The van der Waals surface area contributed by atoms with Crippen LogP contribution in [0.3, 0.4) is 0 Å². The van der Waals surface area contributed by atoms with Crippen molar-refractivity contribution in [1.82, 2.24) is 4.90 Å². The number of hydrogen-bond acceptors (Lipinski definition) is 4. The normalized spacial score (nSPS) is 24.2. The number of nitrogens with zero attached hydrogens (tertiary/aromatic N) is 1. The summed E-state index contributed by atoms with van der Waals surface area (Å²) in [6.07, 6.45) is 2.87. The Bertz CT molecular complexity index is 535. The number of rotatable bonds is 3. The molecular formula is C18H25NO3. The molecule has 1 aromatic carbocycles. The second-order valence-corrected chi connectivity index (χ2v) is 6.95. The van der Waals surface area contributed by atoms with Crippen LogP contribution in [0.25, 0.3) is 0 Å². The Balaban J connectivity index is 1.61. The maximum atomic E-state index is 12.5. The van der Waals surface area contributed by atoms with Gasteiger partial charge >= 0.3 is 5.97 Å². The molecular weight excluding hydrogens is 278 g/mol. The van der Waals surface area contributed by atoms with Crippen molar-refractivity contribution in [1.29, 1.82) is 0 Å². The van der Waals surface area contributed by atoms with Gasteiger partial charge < -0.3 is 14.4 Å². The van der Waals surface area contributed by atoms with Crippen LogP contribution in [0.5, 0.6) is 5.75 Å². The Hall–Kier alpha value is -1.55. The second-order valence-electron chi connectivity index (χ2n) is 6.95. The van der Waals surface area contributed by atoms with E-state index in [2.05, 4.69) is 18.9 Å². The largest absolute Gasteiger partial charge is 0.493 e. The van der Waals surface area contributed by atoms with Crippen molar-refractivity contribution >= 4 is 5.97 Å². The molecule has 3 rings (SSSR count). The molecule has 2 heterocycles. The highest BCUT2D eigenvalue weighted by atomic mass is 16.5. The molecule has 22 heavy (non-hydrogen) atoms. The average molecular weight is 303 g/mol. The van der Waals surface area contributed by atoms with Gasteiger partial charge in [-0.05, 0) is 45.5 Å². The quantitative estimate of drug-likeness (QED) is 0.805. The molecule has 0 N–H and O–H groups in total. The molecule has 0 amide bonds. The van der Waals surface area contributed by atoms with E-state index in [0.29, 0.717) is 19.6 Å². The summed E-state index contributed by atoms with van der Waals surface area (Å²) in [5.74, 6) is 0.539. The molecule has 1 saturated heterocycles. The summed E-state index contributed by atoms with van der Waals surface area (Å²) >= 11 is 0. The number of piperidine rings is 1. The molecule has 0 radical (unpaired) electrons. The molecule has 0 spiro atoms. The lowest BCUT2D eigenvalue weighted by Gasteiger charge is -2.37. The molecule has 4 nitrogen and oxygen atoms in total. The van der Waals surface area contributed by atoms with Crippen LogP contribution in [0.4, 0.5) is 0 Å². The summed E-state index contributed by atoms with van der Waals surface area (Å²) in [7, 11) is 2.14. The number of para-hydroxylation sites is 1. The number of carbonyl (C=O) groups excluding carboxylic acids is 1. The van der Waals surface area contributed by atoms with Crippen LogP contribution < -0.4 is 4.74 Å². The molecule has 120 valence electrons. The summed E-state index contributed by atoms with van der Waals surface area (Å²) in [6.45, 7) is 5.49. The van der Waals surface area contributed by atoms with Crippen LogP contribution in [0.15, 0.2) is 24.3 Å². The van der Waals surface area contributed by atoms with Crippen molar-refractivity contribution in [3.63, 3.8) is 0 Å². The Morgan fingerprint density at radius 2 is 2.09 bits per heavy atom. The summed E-state index contributed by atoms with van der Waals surface area (Å²) in [4.78, 5) is 14.9. The van der Waals surface area contributed by atoms with E-state index in [4.69, 9.17) is 9.47 Å². The average Bonchev–Trinajstić information content (AvgIpc) is 2.55. The Kier molecular flexibility index (Phi) is 4.39. The molecule has 0 aromatic heterocycles. The number of esters is 1. The van der Waals surface area contributed by atoms with Gasteiger partial charge in [0.15, 0.2) is 0 Å². The number of ether oxygens (including phenoxy) is 2. The highest BCUT2D eigenvalue weighted by Crippen LogP contribution is 2.35. The first-order valence-corrected chi connectivity index (χ1v) is 8.14. The number of carbonyl (C=O) groups is 1. The predicted molar refractivity (Wildman–Crippen MR) is 85.1 cm³/mol. The number of fused-ring (bicyclic) bond motifs is 1.